The monoisotopic (exact) mass is 283 g/mol. The summed E-state index contributed by atoms with van der Waals surface area (Å²) in [5.41, 5.74) is 5.15. The standard InChI is InChI=1S/C14H25N3O3/c1-9(2)13(20)17-6-4-5-14(17)8-16(10(14)3)11(7-18)12(15)19/h9-11,18H,4-8H2,1-3H3,(H2,15,19)/t10?,11-,14?/m0/s1. The molecule has 0 aliphatic carbocycles. The zero-order valence-corrected chi connectivity index (χ0v) is 12.5. The fraction of sp³-hybridized carbons (Fsp3) is 0.857. The average molecular weight is 283 g/mol. The lowest BCUT2D eigenvalue weighted by Crippen LogP contribution is -2.77. The number of carbonyl (C=O) groups excluding carboxylic acids is 2. The van der Waals surface area contributed by atoms with Gasteiger partial charge in [-0.25, -0.2) is 0 Å². The molecule has 0 aromatic rings. The third-order valence-electron chi connectivity index (χ3n) is 4.92. The summed E-state index contributed by atoms with van der Waals surface area (Å²) >= 11 is 0. The van der Waals surface area contributed by atoms with E-state index in [1.807, 2.05) is 30.6 Å². The Labute approximate surface area is 119 Å². The first-order chi connectivity index (χ1) is 9.35. The van der Waals surface area contributed by atoms with E-state index in [4.69, 9.17) is 5.73 Å². The fourth-order valence-electron chi connectivity index (χ4n) is 3.66. The predicted octanol–water partition coefficient (Wildman–Crippen LogP) is -0.446. The number of nitrogens with zero attached hydrogens (tertiary/aromatic N) is 2. The molecule has 2 aliphatic heterocycles. The molecule has 2 aliphatic rings. The van der Waals surface area contributed by atoms with E-state index < -0.39 is 11.9 Å². The molecule has 0 radical (unpaired) electrons. The molecule has 6 nitrogen and oxygen atoms in total. The van der Waals surface area contributed by atoms with E-state index in [2.05, 4.69) is 0 Å². The zero-order valence-electron chi connectivity index (χ0n) is 12.5. The molecule has 0 aromatic heterocycles. The Morgan fingerprint density at radius 1 is 1.45 bits per heavy atom. The molecule has 114 valence electrons. The Balaban J connectivity index is 2.14. The van der Waals surface area contributed by atoms with Crippen LogP contribution in [-0.2, 0) is 9.59 Å². The van der Waals surface area contributed by atoms with Gasteiger partial charge in [0.25, 0.3) is 0 Å². The molecule has 1 spiro atoms. The maximum Gasteiger partial charge on any atom is 0.237 e. The van der Waals surface area contributed by atoms with Gasteiger partial charge in [-0.1, -0.05) is 13.8 Å². The van der Waals surface area contributed by atoms with Gasteiger partial charge >= 0.3 is 0 Å². The van der Waals surface area contributed by atoms with Crippen LogP contribution in [0.3, 0.4) is 0 Å². The Morgan fingerprint density at radius 3 is 2.55 bits per heavy atom. The third-order valence-corrected chi connectivity index (χ3v) is 4.92. The number of primary amides is 1. The molecule has 2 heterocycles. The highest BCUT2D eigenvalue weighted by Crippen LogP contribution is 2.44. The van der Waals surface area contributed by atoms with Crippen molar-refractivity contribution in [1.82, 2.24) is 9.80 Å². The van der Waals surface area contributed by atoms with Crippen LogP contribution in [0.15, 0.2) is 0 Å². The first-order valence-corrected chi connectivity index (χ1v) is 7.32. The van der Waals surface area contributed by atoms with E-state index >= 15 is 0 Å². The molecule has 2 fully saturated rings. The summed E-state index contributed by atoms with van der Waals surface area (Å²) in [6, 6.07) is -0.593. The molecule has 2 amide bonds. The molecule has 6 heteroatoms. The summed E-state index contributed by atoms with van der Waals surface area (Å²) in [4.78, 5) is 27.6. The highest BCUT2D eigenvalue weighted by Gasteiger charge is 2.59. The van der Waals surface area contributed by atoms with E-state index in [0.29, 0.717) is 6.54 Å². The minimum Gasteiger partial charge on any atom is -0.394 e. The molecule has 0 aromatic carbocycles. The second-order valence-electron chi connectivity index (χ2n) is 6.30. The molecule has 3 N–H and O–H groups in total. The van der Waals surface area contributed by atoms with Crippen molar-refractivity contribution in [1.29, 1.82) is 0 Å². The largest absolute Gasteiger partial charge is 0.394 e. The van der Waals surface area contributed by atoms with Crippen LogP contribution >= 0.6 is 0 Å². The highest BCUT2D eigenvalue weighted by molar-refractivity contribution is 5.81. The van der Waals surface area contributed by atoms with Crippen LogP contribution in [0.5, 0.6) is 0 Å². The number of carbonyl (C=O) groups is 2. The van der Waals surface area contributed by atoms with Crippen LogP contribution < -0.4 is 5.73 Å². The summed E-state index contributed by atoms with van der Waals surface area (Å²) in [6.45, 7) is 6.98. The molecule has 2 rings (SSSR count). The summed E-state index contributed by atoms with van der Waals surface area (Å²) in [7, 11) is 0. The van der Waals surface area contributed by atoms with Crippen LogP contribution in [0.4, 0.5) is 0 Å². The molecule has 20 heavy (non-hydrogen) atoms. The number of likely N-dealkylation sites (tertiary alicyclic amines) is 2. The summed E-state index contributed by atoms with van der Waals surface area (Å²) in [5.74, 6) is -0.349. The summed E-state index contributed by atoms with van der Waals surface area (Å²) in [6.07, 6.45) is 1.96. The first kappa shape index (κ1) is 15.3. The van der Waals surface area contributed by atoms with Crippen molar-refractivity contribution in [2.24, 2.45) is 11.7 Å². The quantitative estimate of drug-likeness (QED) is 0.732. The maximum atomic E-state index is 12.3. The van der Waals surface area contributed by atoms with E-state index in [9.17, 15) is 14.7 Å². The number of aliphatic hydroxyl groups is 1. The zero-order chi connectivity index (χ0) is 15.1. The normalized spacial score (nSPS) is 31.6. The second kappa shape index (κ2) is 5.33. The van der Waals surface area contributed by atoms with Gasteiger partial charge in [-0.15, -0.1) is 0 Å². The minimum absolute atomic E-state index is 0.0176. The van der Waals surface area contributed by atoms with Crippen molar-refractivity contribution in [3.63, 3.8) is 0 Å². The SMILES string of the molecule is CC(C)C(=O)N1CCCC12CN([C@@H](CO)C(N)=O)C2C. The minimum atomic E-state index is -0.646. The van der Waals surface area contributed by atoms with Gasteiger partial charge in [-0.05, 0) is 19.8 Å². The third kappa shape index (κ3) is 2.11. The molecule has 3 atom stereocenters. The molecule has 0 saturated carbocycles. The molecule has 0 bridgehead atoms. The van der Waals surface area contributed by atoms with Gasteiger partial charge in [0.2, 0.25) is 11.8 Å². The van der Waals surface area contributed by atoms with Gasteiger partial charge < -0.3 is 15.7 Å². The lowest BCUT2D eigenvalue weighted by Gasteiger charge is -2.60. The van der Waals surface area contributed by atoms with Gasteiger partial charge in [0.1, 0.15) is 6.04 Å². The average Bonchev–Trinajstić information content (AvgIpc) is 2.83. The van der Waals surface area contributed by atoms with E-state index in [0.717, 1.165) is 19.4 Å². The van der Waals surface area contributed by atoms with Crippen molar-refractivity contribution < 1.29 is 14.7 Å². The molecule has 2 saturated heterocycles. The second-order valence-corrected chi connectivity index (χ2v) is 6.30. The maximum absolute atomic E-state index is 12.3. The van der Waals surface area contributed by atoms with E-state index in [-0.39, 0.29) is 30.0 Å². The van der Waals surface area contributed by atoms with Gasteiger partial charge in [0.15, 0.2) is 0 Å². The van der Waals surface area contributed by atoms with Crippen molar-refractivity contribution >= 4 is 11.8 Å². The van der Waals surface area contributed by atoms with E-state index in [1.54, 1.807) is 0 Å². The number of aliphatic hydroxyl groups excluding tert-OH is 1. The van der Waals surface area contributed by atoms with Crippen molar-refractivity contribution in [3.8, 4) is 0 Å². The molecular formula is C14H25N3O3. The van der Waals surface area contributed by atoms with E-state index in [1.165, 1.54) is 0 Å². The van der Waals surface area contributed by atoms with Crippen LogP contribution in [0.2, 0.25) is 0 Å². The van der Waals surface area contributed by atoms with Gasteiger partial charge in [-0.3, -0.25) is 14.5 Å². The summed E-state index contributed by atoms with van der Waals surface area (Å²) < 4.78 is 0. The molecule has 2 unspecified atom stereocenters. The van der Waals surface area contributed by atoms with Crippen LogP contribution in [0.25, 0.3) is 0 Å². The number of rotatable bonds is 4. The Morgan fingerprint density at radius 2 is 2.10 bits per heavy atom. The Kier molecular flexibility index (Phi) is 4.07. The fourth-order valence-corrected chi connectivity index (χ4v) is 3.66. The van der Waals surface area contributed by atoms with Crippen molar-refractivity contribution in [2.45, 2.75) is 51.2 Å². The van der Waals surface area contributed by atoms with Crippen LogP contribution in [0.1, 0.15) is 33.6 Å². The number of amides is 2. The van der Waals surface area contributed by atoms with Gasteiger partial charge in [0, 0.05) is 25.0 Å². The lowest BCUT2D eigenvalue weighted by molar-refractivity contribution is -0.161. The van der Waals surface area contributed by atoms with Crippen molar-refractivity contribution in [2.75, 3.05) is 19.7 Å². The van der Waals surface area contributed by atoms with Gasteiger partial charge in [0.05, 0.1) is 12.1 Å². The summed E-state index contributed by atoms with van der Waals surface area (Å²) in [5, 5.41) is 9.32. The number of nitrogens with two attached hydrogens (primary N) is 1. The lowest BCUT2D eigenvalue weighted by atomic mass is 9.77. The molecular weight excluding hydrogens is 258 g/mol. The number of hydrogen-bond acceptors (Lipinski definition) is 4. The Bertz CT molecular complexity index is 412. The topological polar surface area (TPSA) is 86.9 Å². The van der Waals surface area contributed by atoms with Gasteiger partial charge in [-0.2, -0.15) is 0 Å². The first-order valence-electron chi connectivity index (χ1n) is 7.32. The highest BCUT2D eigenvalue weighted by atomic mass is 16.3. The van der Waals surface area contributed by atoms with Crippen LogP contribution in [-0.4, -0.2) is 64.0 Å². The van der Waals surface area contributed by atoms with Crippen LogP contribution in [0, 0.1) is 5.92 Å². The predicted molar refractivity (Wildman–Crippen MR) is 74.8 cm³/mol. The Hall–Kier alpha value is -1.14. The smallest absolute Gasteiger partial charge is 0.237 e. The number of hydrogen-bond donors (Lipinski definition) is 2. The van der Waals surface area contributed by atoms with Crippen molar-refractivity contribution in [3.05, 3.63) is 0 Å².